The Kier molecular flexibility index (Phi) is 11.4. The van der Waals surface area contributed by atoms with Crippen molar-refractivity contribution in [3.05, 3.63) is 35.9 Å². The molecule has 0 saturated carbocycles. The monoisotopic (exact) mass is 280 g/mol. The Morgan fingerprint density at radius 1 is 1.15 bits per heavy atom. The molecule has 0 spiro atoms. The molecular weight excluding hydrogens is 244 g/mol. The summed E-state index contributed by atoms with van der Waals surface area (Å²) in [5.74, 6) is 0.803. The molecule has 2 rings (SSSR count). The van der Waals surface area contributed by atoms with E-state index in [-0.39, 0.29) is 1.43 Å². The third kappa shape index (κ3) is 6.53. The van der Waals surface area contributed by atoms with E-state index in [9.17, 15) is 0 Å². The molecule has 1 aliphatic heterocycles. The van der Waals surface area contributed by atoms with Crippen molar-refractivity contribution in [2.24, 2.45) is 5.92 Å². The average Bonchev–Trinajstić information content (AvgIpc) is 2.54. The van der Waals surface area contributed by atoms with E-state index >= 15 is 0 Å². The second kappa shape index (κ2) is 11.9. The summed E-state index contributed by atoms with van der Waals surface area (Å²) in [5.41, 5.74) is 1.42. The Hall–Kier alpha value is -0.860. The van der Waals surface area contributed by atoms with Gasteiger partial charge in [0.15, 0.2) is 0 Å². The lowest BCUT2D eigenvalue weighted by Crippen LogP contribution is -2.48. The van der Waals surface area contributed by atoms with Crippen LogP contribution in [-0.4, -0.2) is 31.1 Å². The van der Waals surface area contributed by atoms with Gasteiger partial charge in [-0.15, -0.1) is 0 Å². The summed E-state index contributed by atoms with van der Waals surface area (Å²) in [6, 6.07) is 11.4. The molecule has 0 amide bonds. The minimum Gasteiger partial charge on any atom is -0.315 e. The molecule has 0 aromatic heterocycles. The van der Waals surface area contributed by atoms with Gasteiger partial charge in [0.1, 0.15) is 0 Å². The molecule has 1 aromatic carbocycles. The van der Waals surface area contributed by atoms with Gasteiger partial charge >= 0.3 is 0 Å². The van der Waals surface area contributed by atoms with Crippen LogP contribution < -0.4 is 5.32 Å². The summed E-state index contributed by atoms with van der Waals surface area (Å²) in [6.07, 6.45) is 1.30. The molecule has 1 fully saturated rings. The Bertz CT molecular complexity index is 316. The summed E-state index contributed by atoms with van der Waals surface area (Å²) < 4.78 is 0. The van der Waals surface area contributed by atoms with Crippen LogP contribution in [0.1, 0.15) is 48.0 Å². The van der Waals surface area contributed by atoms with Crippen molar-refractivity contribution < 1.29 is 1.43 Å². The molecule has 2 atom stereocenters. The van der Waals surface area contributed by atoms with Gasteiger partial charge < -0.3 is 5.32 Å². The van der Waals surface area contributed by atoms with Crippen LogP contribution in [0.4, 0.5) is 0 Å². The van der Waals surface area contributed by atoms with E-state index in [1.807, 2.05) is 27.7 Å². The Balaban J connectivity index is 0. The van der Waals surface area contributed by atoms with E-state index in [0.717, 1.165) is 12.5 Å². The van der Waals surface area contributed by atoms with E-state index in [1.54, 1.807) is 0 Å². The largest absolute Gasteiger partial charge is 0.315 e. The van der Waals surface area contributed by atoms with Gasteiger partial charge in [-0.1, -0.05) is 65.0 Å². The Labute approximate surface area is 128 Å². The van der Waals surface area contributed by atoms with Crippen molar-refractivity contribution >= 4 is 0 Å². The van der Waals surface area contributed by atoms with Crippen LogP contribution in [0.5, 0.6) is 0 Å². The summed E-state index contributed by atoms with van der Waals surface area (Å²) in [6.45, 7) is 13.8. The Morgan fingerprint density at radius 2 is 1.75 bits per heavy atom. The zero-order chi connectivity index (χ0) is 15.4. The first kappa shape index (κ1) is 19.1. The number of likely N-dealkylation sites (N-methyl/N-ethyl adjacent to an activating group) is 1. The molecule has 0 aliphatic carbocycles. The smallest absolute Gasteiger partial charge is 0.0234 e. The fourth-order valence-corrected chi connectivity index (χ4v) is 2.50. The number of nitrogens with zero attached hydrogens (tertiary/aromatic N) is 1. The lowest BCUT2D eigenvalue weighted by atomic mass is 9.93. The topological polar surface area (TPSA) is 15.3 Å². The molecule has 0 radical (unpaired) electrons. The van der Waals surface area contributed by atoms with Gasteiger partial charge in [-0.3, -0.25) is 4.90 Å². The van der Waals surface area contributed by atoms with Gasteiger partial charge in [-0.25, -0.2) is 0 Å². The van der Waals surface area contributed by atoms with E-state index < -0.39 is 0 Å². The third-order valence-electron chi connectivity index (χ3n) is 3.66. The molecule has 0 unspecified atom stereocenters. The van der Waals surface area contributed by atoms with E-state index in [2.05, 4.69) is 54.5 Å². The van der Waals surface area contributed by atoms with Crippen molar-refractivity contribution in [2.75, 3.05) is 20.1 Å². The summed E-state index contributed by atoms with van der Waals surface area (Å²) in [4.78, 5) is 2.55. The van der Waals surface area contributed by atoms with Crippen LogP contribution in [0.2, 0.25) is 0 Å². The quantitative estimate of drug-likeness (QED) is 0.882. The van der Waals surface area contributed by atoms with Crippen LogP contribution >= 0.6 is 0 Å². The maximum atomic E-state index is 3.43. The summed E-state index contributed by atoms with van der Waals surface area (Å²) >= 11 is 0. The lowest BCUT2D eigenvalue weighted by molar-refractivity contribution is 0.147. The zero-order valence-corrected chi connectivity index (χ0v) is 14.3. The maximum absolute atomic E-state index is 3.43. The van der Waals surface area contributed by atoms with Gasteiger partial charge in [0.2, 0.25) is 0 Å². The molecule has 0 bridgehead atoms. The number of piperidine rings is 1. The van der Waals surface area contributed by atoms with Gasteiger partial charge in [0, 0.05) is 20.6 Å². The molecule has 1 heterocycles. The highest BCUT2D eigenvalue weighted by Gasteiger charge is 2.24. The van der Waals surface area contributed by atoms with Crippen LogP contribution in [0.25, 0.3) is 0 Å². The molecular formula is C18H36N2. The minimum absolute atomic E-state index is 0. The molecule has 1 saturated heterocycles. The van der Waals surface area contributed by atoms with Crippen LogP contribution in [0.3, 0.4) is 0 Å². The predicted octanol–water partition coefficient (Wildman–Crippen LogP) is 4.41. The number of nitrogens with one attached hydrogen (secondary N) is 1. The van der Waals surface area contributed by atoms with Crippen LogP contribution in [-0.2, 0) is 6.54 Å². The minimum atomic E-state index is 0. The number of rotatable bonds is 3. The summed E-state index contributed by atoms with van der Waals surface area (Å²) in [7, 11) is 2.08. The van der Waals surface area contributed by atoms with E-state index in [0.29, 0.717) is 6.04 Å². The molecule has 118 valence electrons. The number of likely N-dealkylation sites (tertiary alicyclic amines) is 1. The first-order valence-electron chi connectivity index (χ1n) is 8.23. The van der Waals surface area contributed by atoms with Crippen molar-refractivity contribution in [3.63, 3.8) is 0 Å². The maximum Gasteiger partial charge on any atom is 0.0234 e. The zero-order valence-electron chi connectivity index (χ0n) is 14.3. The van der Waals surface area contributed by atoms with Crippen molar-refractivity contribution in [1.29, 1.82) is 0 Å². The van der Waals surface area contributed by atoms with Crippen LogP contribution in [0.15, 0.2) is 30.3 Å². The highest BCUT2D eigenvalue weighted by atomic mass is 15.2. The molecule has 1 aromatic rings. The lowest BCUT2D eigenvalue weighted by Gasteiger charge is -2.37. The van der Waals surface area contributed by atoms with Crippen LogP contribution in [0, 0.1) is 5.92 Å². The van der Waals surface area contributed by atoms with Gasteiger partial charge in [-0.05, 0) is 31.5 Å². The van der Waals surface area contributed by atoms with Crippen molar-refractivity contribution in [3.8, 4) is 0 Å². The molecule has 20 heavy (non-hydrogen) atoms. The van der Waals surface area contributed by atoms with Crippen molar-refractivity contribution in [2.45, 2.75) is 53.6 Å². The molecule has 1 N–H and O–H groups in total. The first-order chi connectivity index (χ1) is 9.79. The fraction of sp³-hybridized carbons (Fsp3) is 0.667. The molecule has 1 aliphatic rings. The standard InChI is InChI=1S/C14H22N2.2C2H6.H2/c1-12-8-9-16(11-14(12)15-2)10-13-6-4-3-5-7-13;2*1-2;/h3-7,12,14-15H,8-11H2,1-2H3;2*1-2H3;1H/t12-,14+;;;/m1.../s1. The number of hydrogen-bond acceptors (Lipinski definition) is 2. The van der Waals surface area contributed by atoms with E-state index in [1.165, 1.54) is 25.1 Å². The van der Waals surface area contributed by atoms with E-state index in [4.69, 9.17) is 0 Å². The van der Waals surface area contributed by atoms with Gasteiger partial charge in [-0.2, -0.15) is 0 Å². The highest BCUT2D eigenvalue weighted by Crippen LogP contribution is 2.18. The second-order valence-corrected chi connectivity index (χ2v) is 4.88. The predicted molar refractivity (Wildman–Crippen MR) is 93.2 cm³/mol. The normalized spacial score (nSPS) is 22.1. The highest BCUT2D eigenvalue weighted by molar-refractivity contribution is 5.14. The van der Waals surface area contributed by atoms with Gasteiger partial charge in [0.25, 0.3) is 0 Å². The SMILES string of the molecule is CC.CC.CN[C@H]1CN(Cc2ccccc2)CC[C@H]1C.[HH]. The Morgan fingerprint density at radius 3 is 2.30 bits per heavy atom. The first-order valence-corrected chi connectivity index (χ1v) is 8.23. The average molecular weight is 280 g/mol. The molecule has 2 heteroatoms. The fourth-order valence-electron chi connectivity index (χ4n) is 2.50. The van der Waals surface area contributed by atoms with Crippen molar-refractivity contribution in [1.82, 2.24) is 10.2 Å². The van der Waals surface area contributed by atoms with Gasteiger partial charge in [0.05, 0.1) is 0 Å². The summed E-state index contributed by atoms with van der Waals surface area (Å²) in [5, 5.41) is 3.43. The second-order valence-electron chi connectivity index (χ2n) is 4.88. The number of hydrogen-bond donors (Lipinski definition) is 1. The number of benzene rings is 1. The molecule has 2 nitrogen and oxygen atoms in total. The third-order valence-corrected chi connectivity index (χ3v) is 3.66.